The summed E-state index contributed by atoms with van der Waals surface area (Å²) >= 11 is 0. The van der Waals surface area contributed by atoms with Crippen molar-refractivity contribution in [1.29, 1.82) is 0 Å². The largest absolute Gasteiger partial charge is 0.381 e. The summed E-state index contributed by atoms with van der Waals surface area (Å²) in [6, 6.07) is 1.92. The number of carbonyl (C=O) groups is 1. The van der Waals surface area contributed by atoms with Gasteiger partial charge in [-0.1, -0.05) is 0 Å². The molecule has 124 valence electrons. The normalized spacial score (nSPS) is 31.8. The molecule has 3 aliphatic rings. The number of rotatable bonds is 2. The number of fused-ring (bicyclic) bond motifs is 1. The van der Waals surface area contributed by atoms with E-state index in [9.17, 15) is 4.79 Å². The summed E-state index contributed by atoms with van der Waals surface area (Å²) in [6.07, 6.45) is 7.26. The van der Waals surface area contributed by atoms with Gasteiger partial charge in [-0.25, -0.2) is 9.97 Å². The van der Waals surface area contributed by atoms with E-state index in [2.05, 4.69) is 9.97 Å². The molecule has 0 aromatic carbocycles. The smallest absolute Gasteiger partial charge is 0.225 e. The first-order valence-electron chi connectivity index (χ1n) is 8.59. The number of hydrogen-bond donors (Lipinski definition) is 0. The third-order valence-electron chi connectivity index (χ3n) is 5.37. The third kappa shape index (κ3) is 3.10. The molecule has 4 rings (SSSR count). The van der Waals surface area contributed by atoms with E-state index in [1.807, 2.05) is 11.0 Å². The zero-order valence-electron chi connectivity index (χ0n) is 13.3. The summed E-state index contributed by atoms with van der Waals surface area (Å²) in [5.41, 5.74) is 0.955. The predicted molar refractivity (Wildman–Crippen MR) is 82.5 cm³/mol. The van der Waals surface area contributed by atoms with Gasteiger partial charge in [-0.15, -0.1) is 0 Å². The van der Waals surface area contributed by atoms with Crippen molar-refractivity contribution < 1.29 is 14.3 Å². The van der Waals surface area contributed by atoms with E-state index >= 15 is 0 Å². The second-order valence-corrected chi connectivity index (χ2v) is 6.75. The average Bonchev–Trinajstić information content (AvgIpc) is 3.06. The average molecular weight is 317 g/mol. The van der Waals surface area contributed by atoms with E-state index in [4.69, 9.17) is 9.47 Å². The molecular formula is C17H23N3O3. The second-order valence-electron chi connectivity index (χ2n) is 6.75. The fourth-order valence-corrected chi connectivity index (χ4v) is 4.02. The molecule has 0 aliphatic carbocycles. The summed E-state index contributed by atoms with van der Waals surface area (Å²) < 4.78 is 11.6. The van der Waals surface area contributed by atoms with Gasteiger partial charge in [0.1, 0.15) is 12.4 Å². The monoisotopic (exact) mass is 317 g/mol. The topological polar surface area (TPSA) is 64.5 Å². The number of amides is 1. The first kappa shape index (κ1) is 15.0. The van der Waals surface area contributed by atoms with Gasteiger partial charge in [-0.05, 0) is 37.7 Å². The Morgan fingerprint density at radius 3 is 2.91 bits per heavy atom. The number of piperidine rings is 1. The van der Waals surface area contributed by atoms with Crippen molar-refractivity contribution >= 4 is 5.91 Å². The van der Waals surface area contributed by atoms with Crippen molar-refractivity contribution in [2.24, 2.45) is 11.8 Å². The summed E-state index contributed by atoms with van der Waals surface area (Å²) in [6.45, 7) is 3.00. The fourth-order valence-electron chi connectivity index (χ4n) is 4.02. The first-order chi connectivity index (χ1) is 11.3. The Bertz CT molecular complexity index is 547. The second kappa shape index (κ2) is 6.53. The summed E-state index contributed by atoms with van der Waals surface area (Å²) in [5.74, 6) is 0.967. The van der Waals surface area contributed by atoms with Crippen LogP contribution >= 0.6 is 0 Å². The van der Waals surface area contributed by atoms with Gasteiger partial charge in [0, 0.05) is 38.4 Å². The predicted octanol–water partition coefficient (Wildman–Crippen LogP) is 1.58. The molecule has 4 heterocycles. The van der Waals surface area contributed by atoms with Crippen molar-refractivity contribution in [2.75, 3.05) is 26.3 Å². The van der Waals surface area contributed by atoms with Crippen LogP contribution in [0.3, 0.4) is 0 Å². The van der Waals surface area contributed by atoms with Crippen molar-refractivity contribution in [1.82, 2.24) is 14.9 Å². The molecule has 0 N–H and O–H groups in total. The number of hydrogen-bond acceptors (Lipinski definition) is 5. The molecule has 0 unspecified atom stereocenters. The maximum absolute atomic E-state index is 12.7. The van der Waals surface area contributed by atoms with Crippen LogP contribution in [0.25, 0.3) is 0 Å². The van der Waals surface area contributed by atoms with Crippen molar-refractivity contribution in [3.63, 3.8) is 0 Å². The van der Waals surface area contributed by atoms with Crippen LogP contribution in [-0.4, -0.2) is 53.2 Å². The lowest BCUT2D eigenvalue weighted by molar-refractivity contribution is -0.143. The van der Waals surface area contributed by atoms with Crippen molar-refractivity contribution in [3.05, 3.63) is 24.3 Å². The van der Waals surface area contributed by atoms with Gasteiger partial charge in [0.2, 0.25) is 5.91 Å². The molecule has 1 amide bonds. The van der Waals surface area contributed by atoms with Gasteiger partial charge >= 0.3 is 0 Å². The Labute approximate surface area is 136 Å². The Morgan fingerprint density at radius 1 is 1.26 bits per heavy atom. The molecule has 3 fully saturated rings. The van der Waals surface area contributed by atoms with Crippen LogP contribution in [0.2, 0.25) is 0 Å². The maximum atomic E-state index is 12.7. The first-order valence-corrected chi connectivity index (χ1v) is 8.59. The van der Waals surface area contributed by atoms with Crippen LogP contribution in [0.15, 0.2) is 18.6 Å². The molecule has 3 aliphatic heterocycles. The van der Waals surface area contributed by atoms with E-state index in [-0.39, 0.29) is 18.1 Å². The number of aromatic nitrogens is 2. The fraction of sp³-hybridized carbons (Fsp3) is 0.706. The quantitative estimate of drug-likeness (QED) is 0.828. The third-order valence-corrected chi connectivity index (χ3v) is 5.37. The van der Waals surface area contributed by atoms with Gasteiger partial charge in [0.25, 0.3) is 0 Å². The van der Waals surface area contributed by atoms with Crippen LogP contribution in [0.4, 0.5) is 0 Å². The lowest BCUT2D eigenvalue weighted by Crippen LogP contribution is -2.48. The summed E-state index contributed by atoms with van der Waals surface area (Å²) in [7, 11) is 0. The highest BCUT2D eigenvalue weighted by Crippen LogP contribution is 2.40. The van der Waals surface area contributed by atoms with E-state index in [1.165, 1.54) is 0 Å². The van der Waals surface area contributed by atoms with Gasteiger partial charge in [-0.3, -0.25) is 4.79 Å². The van der Waals surface area contributed by atoms with Crippen LogP contribution in [-0.2, 0) is 14.3 Å². The summed E-state index contributed by atoms with van der Waals surface area (Å²) in [4.78, 5) is 23.0. The molecule has 3 saturated heterocycles. The molecule has 1 aromatic rings. The highest BCUT2D eigenvalue weighted by molar-refractivity contribution is 5.79. The maximum Gasteiger partial charge on any atom is 0.225 e. The Morgan fingerprint density at radius 2 is 2.13 bits per heavy atom. The molecule has 6 nitrogen and oxygen atoms in total. The zero-order valence-corrected chi connectivity index (χ0v) is 13.3. The minimum atomic E-state index is 0.0473. The molecule has 1 aromatic heterocycles. The van der Waals surface area contributed by atoms with Gasteiger partial charge in [0.05, 0.1) is 11.8 Å². The van der Waals surface area contributed by atoms with E-state index in [1.54, 1.807) is 12.5 Å². The van der Waals surface area contributed by atoms with Crippen LogP contribution in [0.5, 0.6) is 0 Å². The van der Waals surface area contributed by atoms with E-state index < -0.39 is 0 Å². The molecule has 23 heavy (non-hydrogen) atoms. The van der Waals surface area contributed by atoms with Gasteiger partial charge in [-0.2, -0.15) is 0 Å². The minimum absolute atomic E-state index is 0.0473. The minimum Gasteiger partial charge on any atom is -0.381 e. The van der Waals surface area contributed by atoms with Crippen LogP contribution in [0.1, 0.15) is 37.5 Å². The molecular weight excluding hydrogens is 294 g/mol. The highest BCUT2D eigenvalue weighted by Gasteiger charge is 2.42. The summed E-state index contributed by atoms with van der Waals surface area (Å²) in [5, 5.41) is 0. The van der Waals surface area contributed by atoms with Crippen molar-refractivity contribution in [2.45, 2.75) is 37.9 Å². The molecule has 0 bridgehead atoms. The standard InChI is InChI=1S/C17H23N3O3/c21-17(12-3-7-22-8-4-12)20-6-2-13-9-15(23-16(13)10-20)14-1-5-18-11-19-14/h1,5,11-13,15-16H,2-4,6-10H2/t13-,15-,16+/m1/s1. The van der Waals surface area contributed by atoms with E-state index in [0.29, 0.717) is 25.0 Å². The molecule has 0 saturated carbocycles. The lowest BCUT2D eigenvalue weighted by atomic mass is 9.90. The molecule has 0 radical (unpaired) electrons. The van der Waals surface area contributed by atoms with Gasteiger partial charge in [0.15, 0.2) is 0 Å². The Balaban J connectivity index is 1.38. The number of nitrogens with zero attached hydrogens (tertiary/aromatic N) is 3. The van der Waals surface area contributed by atoms with Crippen LogP contribution in [0, 0.1) is 11.8 Å². The van der Waals surface area contributed by atoms with E-state index in [0.717, 1.165) is 44.5 Å². The Kier molecular flexibility index (Phi) is 4.27. The molecule has 6 heteroatoms. The zero-order chi connectivity index (χ0) is 15.6. The molecule has 3 atom stereocenters. The molecule has 0 spiro atoms. The van der Waals surface area contributed by atoms with Gasteiger partial charge < -0.3 is 14.4 Å². The number of ether oxygens (including phenoxy) is 2. The number of likely N-dealkylation sites (tertiary alicyclic amines) is 1. The highest BCUT2D eigenvalue weighted by atomic mass is 16.5. The number of carbonyl (C=O) groups excluding carboxylic acids is 1. The Hall–Kier alpha value is -1.53. The lowest BCUT2D eigenvalue weighted by Gasteiger charge is -2.36. The van der Waals surface area contributed by atoms with Crippen LogP contribution < -0.4 is 0 Å². The SMILES string of the molecule is O=C(C1CCOCC1)N1CC[C@@H]2C[C@H](c3ccncn3)O[C@H]2C1. The van der Waals surface area contributed by atoms with Crippen molar-refractivity contribution in [3.8, 4) is 0 Å².